The van der Waals surface area contributed by atoms with E-state index in [4.69, 9.17) is 10.5 Å². The monoisotopic (exact) mass is 345 g/mol. The van der Waals surface area contributed by atoms with Gasteiger partial charge in [-0.1, -0.05) is 6.07 Å². The van der Waals surface area contributed by atoms with Crippen LogP contribution in [-0.4, -0.2) is 12.2 Å². The van der Waals surface area contributed by atoms with Gasteiger partial charge in [-0.25, -0.2) is 8.78 Å². The highest BCUT2D eigenvalue weighted by Crippen LogP contribution is 2.47. The van der Waals surface area contributed by atoms with Gasteiger partial charge in [-0.2, -0.15) is 0 Å². The number of nitrogens with two attached hydrogens (primary N) is 1. The molecule has 1 aromatic rings. The van der Waals surface area contributed by atoms with Crippen molar-refractivity contribution in [3.05, 3.63) is 33.8 Å². The zero-order valence-corrected chi connectivity index (χ0v) is 12.8. The summed E-state index contributed by atoms with van der Waals surface area (Å²) in [6.45, 7) is 0.708. The maximum absolute atomic E-state index is 13.6. The summed E-state index contributed by atoms with van der Waals surface area (Å²) in [6.07, 6.45) is 5.18. The molecule has 1 saturated heterocycles. The first-order valence-corrected chi connectivity index (χ1v) is 7.85. The van der Waals surface area contributed by atoms with Crippen LogP contribution in [0.1, 0.15) is 43.7 Å². The molecule has 0 aromatic heterocycles. The van der Waals surface area contributed by atoms with Crippen molar-refractivity contribution in [3.63, 3.8) is 0 Å². The van der Waals surface area contributed by atoms with Crippen molar-refractivity contribution in [2.24, 2.45) is 11.7 Å². The Labute approximate surface area is 125 Å². The Morgan fingerprint density at radius 2 is 2.10 bits per heavy atom. The summed E-state index contributed by atoms with van der Waals surface area (Å²) >= 11 is 3.13. The van der Waals surface area contributed by atoms with Crippen LogP contribution in [0, 0.1) is 17.6 Å². The van der Waals surface area contributed by atoms with Gasteiger partial charge in [-0.3, -0.25) is 0 Å². The molecule has 2 nitrogen and oxygen atoms in total. The van der Waals surface area contributed by atoms with Crippen LogP contribution in [-0.2, 0) is 4.74 Å². The molecule has 2 aliphatic rings. The average Bonchev–Trinajstić information content (AvgIpc) is 2.43. The van der Waals surface area contributed by atoms with Crippen molar-refractivity contribution in [1.29, 1.82) is 0 Å². The summed E-state index contributed by atoms with van der Waals surface area (Å²) < 4.78 is 32.9. The number of hydrogen-bond acceptors (Lipinski definition) is 2. The van der Waals surface area contributed by atoms with Gasteiger partial charge in [0, 0.05) is 12.6 Å². The Morgan fingerprint density at radius 3 is 2.75 bits per heavy atom. The maximum Gasteiger partial charge on any atom is 0.173 e. The van der Waals surface area contributed by atoms with Crippen molar-refractivity contribution < 1.29 is 13.5 Å². The lowest BCUT2D eigenvalue weighted by atomic mass is 9.70. The first-order valence-electron chi connectivity index (χ1n) is 7.05. The van der Waals surface area contributed by atoms with E-state index in [1.807, 2.05) is 0 Å². The third-order valence-corrected chi connectivity index (χ3v) is 5.53. The van der Waals surface area contributed by atoms with Crippen LogP contribution in [0.5, 0.6) is 0 Å². The van der Waals surface area contributed by atoms with Crippen molar-refractivity contribution >= 4 is 15.9 Å². The lowest BCUT2D eigenvalue weighted by Crippen LogP contribution is -2.47. The quantitative estimate of drug-likeness (QED) is 0.819. The van der Waals surface area contributed by atoms with Gasteiger partial charge in [0.05, 0.1) is 10.1 Å². The molecule has 1 spiro atoms. The Bertz CT molecular complexity index is 519. The molecule has 1 aliphatic carbocycles. The molecule has 1 saturated carbocycles. The van der Waals surface area contributed by atoms with Crippen LogP contribution < -0.4 is 5.73 Å². The number of hydrogen-bond donors (Lipinski definition) is 1. The molecule has 2 fully saturated rings. The molecular formula is C15H18BrF2NO. The standard InChI is InChI=1S/C15H18BrF2NO/c16-12-10(2-3-11(17)13(12)18)14(19)9-4-7-20-15(8-9)5-1-6-15/h2-3,9,14H,1,4-8,19H2. The largest absolute Gasteiger partial charge is 0.375 e. The highest BCUT2D eigenvalue weighted by atomic mass is 79.9. The van der Waals surface area contributed by atoms with Gasteiger partial charge in [0.1, 0.15) is 0 Å². The Balaban J connectivity index is 1.81. The second-order valence-electron chi connectivity index (χ2n) is 5.93. The van der Waals surface area contributed by atoms with Gasteiger partial charge in [0.25, 0.3) is 0 Å². The van der Waals surface area contributed by atoms with Crippen molar-refractivity contribution in [3.8, 4) is 0 Å². The molecule has 2 N–H and O–H groups in total. The lowest BCUT2D eigenvalue weighted by molar-refractivity contribution is -0.146. The average molecular weight is 346 g/mol. The van der Waals surface area contributed by atoms with Crippen LogP contribution in [0.2, 0.25) is 0 Å². The fourth-order valence-electron chi connectivity index (χ4n) is 3.34. The summed E-state index contributed by atoms with van der Waals surface area (Å²) in [5.74, 6) is -1.45. The smallest absolute Gasteiger partial charge is 0.173 e. The van der Waals surface area contributed by atoms with E-state index >= 15 is 0 Å². The van der Waals surface area contributed by atoms with E-state index in [0.717, 1.165) is 31.7 Å². The second-order valence-corrected chi connectivity index (χ2v) is 6.72. The number of halogens is 3. The SMILES string of the molecule is NC(c1ccc(F)c(F)c1Br)C1CCOC2(CCC2)C1. The molecule has 5 heteroatoms. The third kappa shape index (κ3) is 2.40. The van der Waals surface area contributed by atoms with E-state index in [1.165, 1.54) is 6.42 Å². The molecule has 1 heterocycles. The zero-order valence-electron chi connectivity index (χ0n) is 11.2. The summed E-state index contributed by atoms with van der Waals surface area (Å²) in [4.78, 5) is 0. The highest BCUT2D eigenvalue weighted by Gasteiger charge is 2.44. The van der Waals surface area contributed by atoms with Gasteiger partial charge in [0.2, 0.25) is 0 Å². The molecular weight excluding hydrogens is 328 g/mol. The second kappa shape index (κ2) is 5.35. The predicted molar refractivity (Wildman–Crippen MR) is 76.2 cm³/mol. The highest BCUT2D eigenvalue weighted by molar-refractivity contribution is 9.10. The molecule has 1 aromatic carbocycles. The molecule has 2 unspecified atom stereocenters. The van der Waals surface area contributed by atoms with Crippen LogP contribution in [0.3, 0.4) is 0 Å². The van der Waals surface area contributed by atoms with Gasteiger partial charge < -0.3 is 10.5 Å². The number of benzene rings is 1. The van der Waals surface area contributed by atoms with E-state index in [0.29, 0.717) is 12.2 Å². The molecule has 3 rings (SSSR count). The van der Waals surface area contributed by atoms with Crippen LogP contribution in [0.15, 0.2) is 16.6 Å². The third-order valence-electron chi connectivity index (χ3n) is 4.73. The van der Waals surface area contributed by atoms with Crippen LogP contribution in [0.25, 0.3) is 0 Å². The minimum Gasteiger partial charge on any atom is -0.375 e. The van der Waals surface area contributed by atoms with Gasteiger partial charge in [-0.15, -0.1) is 0 Å². The molecule has 2 atom stereocenters. The molecule has 1 aliphatic heterocycles. The van der Waals surface area contributed by atoms with Gasteiger partial charge in [0.15, 0.2) is 11.6 Å². The van der Waals surface area contributed by atoms with E-state index < -0.39 is 11.6 Å². The normalized spacial score (nSPS) is 26.3. The number of ether oxygens (including phenoxy) is 1. The van der Waals surface area contributed by atoms with Crippen molar-refractivity contribution in [1.82, 2.24) is 0 Å². The summed E-state index contributed by atoms with van der Waals surface area (Å²) in [6, 6.07) is 2.44. The van der Waals surface area contributed by atoms with Gasteiger partial charge >= 0.3 is 0 Å². The Kier molecular flexibility index (Phi) is 3.86. The first-order chi connectivity index (χ1) is 9.52. The first kappa shape index (κ1) is 14.4. The van der Waals surface area contributed by atoms with Crippen molar-refractivity contribution in [2.75, 3.05) is 6.61 Å². The molecule has 0 radical (unpaired) electrons. The van der Waals surface area contributed by atoms with Crippen LogP contribution >= 0.6 is 15.9 Å². The number of rotatable bonds is 2. The Hall–Kier alpha value is -0.520. The summed E-state index contributed by atoms with van der Waals surface area (Å²) in [5.41, 5.74) is 6.96. The minimum absolute atomic E-state index is 0.00554. The summed E-state index contributed by atoms with van der Waals surface area (Å²) in [7, 11) is 0. The lowest BCUT2D eigenvalue weighted by Gasteiger charge is -2.48. The van der Waals surface area contributed by atoms with E-state index in [-0.39, 0.29) is 22.0 Å². The summed E-state index contributed by atoms with van der Waals surface area (Å²) in [5, 5.41) is 0. The Morgan fingerprint density at radius 1 is 1.35 bits per heavy atom. The fraction of sp³-hybridized carbons (Fsp3) is 0.600. The van der Waals surface area contributed by atoms with E-state index in [1.54, 1.807) is 6.07 Å². The topological polar surface area (TPSA) is 35.2 Å². The maximum atomic E-state index is 13.6. The molecule has 0 amide bonds. The molecule has 110 valence electrons. The van der Waals surface area contributed by atoms with Gasteiger partial charge in [-0.05, 0) is 65.6 Å². The minimum atomic E-state index is -0.858. The molecule has 20 heavy (non-hydrogen) atoms. The molecule has 0 bridgehead atoms. The van der Waals surface area contributed by atoms with Crippen LogP contribution in [0.4, 0.5) is 8.78 Å². The van der Waals surface area contributed by atoms with E-state index in [9.17, 15) is 8.78 Å². The van der Waals surface area contributed by atoms with Crippen molar-refractivity contribution in [2.45, 2.75) is 43.7 Å². The van der Waals surface area contributed by atoms with E-state index in [2.05, 4.69) is 15.9 Å². The predicted octanol–water partition coefficient (Wildman–Crippen LogP) is 4.08. The fourth-order valence-corrected chi connectivity index (χ4v) is 3.93. The zero-order chi connectivity index (χ0) is 14.3.